The largest absolute Gasteiger partial charge is 0.377 e. The minimum absolute atomic E-state index is 0.0786. The first-order chi connectivity index (χ1) is 8.74. The lowest BCUT2D eigenvalue weighted by atomic mass is 10.1. The normalized spacial score (nSPS) is 22.7. The predicted octanol–water partition coefficient (Wildman–Crippen LogP) is 1.24. The van der Waals surface area contributed by atoms with Gasteiger partial charge < -0.3 is 14.6 Å². The third-order valence-corrected chi connectivity index (χ3v) is 3.08. The maximum Gasteiger partial charge on any atom is 0.273 e. The average Bonchev–Trinajstić information content (AvgIpc) is 2.98. The second-order valence-corrected chi connectivity index (χ2v) is 4.36. The van der Waals surface area contributed by atoms with Gasteiger partial charge in [-0.25, -0.2) is 0 Å². The van der Waals surface area contributed by atoms with Crippen LogP contribution in [0.3, 0.4) is 0 Å². The molecule has 2 atom stereocenters. The quantitative estimate of drug-likeness (QED) is 0.867. The van der Waals surface area contributed by atoms with Gasteiger partial charge in [-0.2, -0.15) is 5.26 Å². The summed E-state index contributed by atoms with van der Waals surface area (Å²) in [6.07, 6.45) is 2.65. The highest BCUT2D eigenvalue weighted by atomic mass is 16.5. The summed E-state index contributed by atoms with van der Waals surface area (Å²) in [7, 11) is 1.54. The predicted molar refractivity (Wildman–Crippen MR) is 61.4 cm³/mol. The molecule has 1 aliphatic carbocycles. The Morgan fingerprint density at radius 2 is 2.56 bits per heavy atom. The van der Waals surface area contributed by atoms with Crippen LogP contribution in [0.4, 0.5) is 0 Å². The van der Waals surface area contributed by atoms with Crippen molar-refractivity contribution in [3.8, 4) is 6.07 Å². The zero-order valence-electron chi connectivity index (χ0n) is 10.2. The molecule has 0 saturated heterocycles. The smallest absolute Gasteiger partial charge is 0.273 e. The molecule has 18 heavy (non-hydrogen) atoms. The summed E-state index contributed by atoms with van der Waals surface area (Å²) in [5.74, 6) is 0.110. The maximum absolute atomic E-state index is 11.9. The zero-order chi connectivity index (χ0) is 13.0. The van der Waals surface area contributed by atoms with E-state index >= 15 is 0 Å². The summed E-state index contributed by atoms with van der Waals surface area (Å²) in [5.41, 5.74) is 0.227. The van der Waals surface area contributed by atoms with Crippen molar-refractivity contribution in [1.82, 2.24) is 10.5 Å². The molecule has 1 aliphatic rings. The minimum atomic E-state index is -0.298. The van der Waals surface area contributed by atoms with Gasteiger partial charge in [-0.05, 0) is 19.3 Å². The highest BCUT2D eigenvalue weighted by molar-refractivity contribution is 5.92. The van der Waals surface area contributed by atoms with E-state index in [1.807, 2.05) is 0 Å². The van der Waals surface area contributed by atoms with Gasteiger partial charge in [-0.3, -0.25) is 4.79 Å². The Kier molecular flexibility index (Phi) is 3.95. The average molecular weight is 249 g/mol. The van der Waals surface area contributed by atoms with Crippen molar-refractivity contribution in [2.24, 2.45) is 5.92 Å². The van der Waals surface area contributed by atoms with Crippen LogP contribution >= 0.6 is 0 Å². The second-order valence-electron chi connectivity index (χ2n) is 4.36. The number of rotatable bonds is 4. The fourth-order valence-corrected chi connectivity index (χ4v) is 2.16. The lowest BCUT2D eigenvalue weighted by Gasteiger charge is -2.13. The van der Waals surface area contributed by atoms with Crippen molar-refractivity contribution in [3.05, 3.63) is 17.5 Å². The molecule has 1 aromatic rings. The molecule has 2 rings (SSSR count). The number of carbonyl (C=O) groups excluding carboxylic acids is 1. The highest BCUT2D eigenvalue weighted by Gasteiger charge is 2.29. The van der Waals surface area contributed by atoms with Crippen LogP contribution in [-0.4, -0.2) is 24.2 Å². The molecule has 6 nitrogen and oxygen atoms in total. The fourth-order valence-electron chi connectivity index (χ4n) is 2.16. The number of nitriles is 1. The van der Waals surface area contributed by atoms with E-state index in [4.69, 9.17) is 14.5 Å². The number of carbonyl (C=O) groups is 1. The molecule has 0 aromatic carbocycles. The van der Waals surface area contributed by atoms with Crippen LogP contribution in [0.25, 0.3) is 0 Å². The van der Waals surface area contributed by atoms with Gasteiger partial charge >= 0.3 is 0 Å². The molecule has 0 aliphatic heterocycles. The van der Waals surface area contributed by atoms with Crippen LogP contribution < -0.4 is 5.32 Å². The Morgan fingerprint density at radius 1 is 1.72 bits per heavy atom. The van der Waals surface area contributed by atoms with Crippen LogP contribution in [0.15, 0.2) is 10.6 Å². The van der Waals surface area contributed by atoms with Crippen molar-refractivity contribution in [2.45, 2.75) is 31.9 Å². The number of ether oxygens (including phenoxy) is 1. The molecule has 0 radical (unpaired) electrons. The minimum Gasteiger partial charge on any atom is -0.377 e. The molecule has 2 unspecified atom stereocenters. The van der Waals surface area contributed by atoms with Gasteiger partial charge in [0.2, 0.25) is 0 Å². The van der Waals surface area contributed by atoms with E-state index in [0.717, 1.165) is 19.3 Å². The Hall–Kier alpha value is -1.87. The first kappa shape index (κ1) is 12.6. The van der Waals surface area contributed by atoms with Crippen LogP contribution in [-0.2, 0) is 11.3 Å². The van der Waals surface area contributed by atoms with Crippen LogP contribution in [0.5, 0.6) is 0 Å². The number of amides is 1. The summed E-state index contributed by atoms with van der Waals surface area (Å²) in [5, 5.41) is 15.4. The lowest BCUT2D eigenvalue weighted by molar-refractivity contribution is 0.0923. The summed E-state index contributed by atoms with van der Waals surface area (Å²) < 4.78 is 9.82. The van der Waals surface area contributed by atoms with E-state index in [-0.39, 0.29) is 30.2 Å². The van der Waals surface area contributed by atoms with E-state index in [1.165, 1.54) is 7.11 Å². The number of nitrogens with one attached hydrogen (secondary N) is 1. The molecule has 1 amide bonds. The number of methoxy groups -OCH3 is 1. The number of nitrogens with zero attached hydrogens (tertiary/aromatic N) is 2. The van der Waals surface area contributed by atoms with E-state index < -0.39 is 0 Å². The van der Waals surface area contributed by atoms with Crippen LogP contribution in [0.1, 0.15) is 35.5 Å². The van der Waals surface area contributed by atoms with Crippen molar-refractivity contribution >= 4 is 5.91 Å². The van der Waals surface area contributed by atoms with Gasteiger partial charge in [-0.15, -0.1) is 0 Å². The van der Waals surface area contributed by atoms with Gasteiger partial charge in [0.15, 0.2) is 11.5 Å². The third-order valence-electron chi connectivity index (χ3n) is 3.08. The fraction of sp³-hybridized carbons (Fsp3) is 0.583. The van der Waals surface area contributed by atoms with Gasteiger partial charge in [0.1, 0.15) is 6.61 Å². The molecule has 1 heterocycles. The Labute approximate surface area is 105 Å². The van der Waals surface area contributed by atoms with Crippen molar-refractivity contribution < 1.29 is 14.1 Å². The zero-order valence-corrected chi connectivity index (χ0v) is 10.2. The Morgan fingerprint density at radius 3 is 3.28 bits per heavy atom. The number of hydrogen-bond acceptors (Lipinski definition) is 5. The summed E-state index contributed by atoms with van der Waals surface area (Å²) in [6.45, 7) is 0.282. The molecule has 6 heteroatoms. The van der Waals surface area contributed by atoms with E-state index in [1.54, 1.807) is 6.07 Å². The van der Waals surface area contributed by atoms with Crippen molar-refractivity contribution in [2.75, 3.05) is 7.11 Å². The SMILES string of the molecule is COCc1cc(C(=O)NC2CCCC2C#N)no1. The highest BCUT2D eigenvalue weighted by Crippen LogP contribution is 2.25. The summed E-state index contributed by atoms with van der Waals surface area (Å²) in [6, 6.07) is 3.69. The van der Waals surface area contributed by atoms with Gasteiger partial charge in [0.05, 0.1) is 12.0 Å². The first-order valence-corrected chi connectivity index (χ1v) is 5.89. The number of aromatic nitrogens is 1. The lowest BCUT2D eigenvalue weighted by Crippen LogP contribution is -2.37. The van der Waals surface area contributed by atoms with Crippen molar-refractivity contribution in [1.29, 1.82) is 5.26 Å². The van der Waals surface area contributed by atoms with E-state index in [9.17, 15) is 4.79 Å². The molecular weight excluding hydrogens is 234 g/mol. The maximum atomic E-state index is 11.9. The van der Waals surface area contributed by atoms with Crippen LogP contribution in [0.2, 0.25) is 0 Å². The third kappa shape index (κ3) is 2.68. The van der Waals surface area contributed by atoms with E-state index in [0.29, 0.717) is 5.76 Å². The summed E-state index contributed by atoms with van der Waals surface area (Å²) in [4.78, 5) is 11.9. The standard InChI is InChI=1S/C12H15N3O3/c1-17-7-9-5-11(15-18-9)12(16)14-10-4-2-3-8(10)6-13/h5,8,10H,2-4,7H2,1H3,(H,14,16). The Bertz CT molecular complexity index is 463. The topological polar surface area (TPSA) is 88.1 Å². The van der Waals surface area contributed by atoms with Gasteiger partial charge in [0.25, 0.3) is 5.91 Å². The second kappa shape index (κ2) is 5.65. The van der Waals surface area contributed by atoms with Crippen LogP contribution in [0, 0.1) is 17.2 Å². The molecule has 96 valence electrons. The molecule has 1 fully saturated rings. The van der Waals surface area contributed by atoms with E-state index in [2.05, 4.69) is 16.5 Å². The van der Waals surface area contributed by atoms with Gasteiger partial charge in [0, 0.05) is 19.2 Å². The Balaban J connectivity index is 1.96. The number of hydrogen-bond donors (Lipinski definition) is 1. The molecule has 1 aromatic heterocycles. The molecule has 1 N–H and O–H groups in total. The molecule has 0 bridgehead atoms. The molecular formula is C12H15N3O3. The van der Waals surface area contributed by atoms with Crippen molar-refractivity contribution in [3.63, 3.8) is 0 Å². The molecule has 0 spiro atoms. The summed E-state index contributed by atoms with van der Waals surface area (Å²) >= 11 is 0. The monoisotopic (exact) mass is 249 g/mol. The molecule has 1 saturated carbocycles. The van der Waals surface area contributed by atoms with Gasteiger partial charge in [-0.1, -0.05) is 5.16 Å². The first-order valence-electron chi connectivity index (χ1n) is 5.89.